The van der Waals surface area contributed by atoms with E-state index in [4.69, 9.17) is 17.3 Å². The fourth-order valence-corrected chi connectivity index (χ4v) is 2.63. The summed E-state index contributed by atoms with van der Waals surface area (Å²) in [7, 11) is 0. The number of primary amides is 1. The van der Waals surface area contributed by atoms with E-state index in [1.807, 2.05) is 0 Å². The molecule has 0 fully saturated rings. The van der Waals surface area contributed by atoms with Gasteiger partial charge in [-0.2, -0.15) is 18.2 Å². The predicted octanol–water partition coefficient (Wildman–Crippen LogP) is 2.35. The summed E-state index contributed by atoms with van der Waals surface area (Å²) in [5.41, 5.74) is 2.74. The van der Waals surface area contributed by atoms with E-state index in [-0.39, 0.29) is 34.1 Å². The molecule has 3 rings (SSSR count). The van der Waals surface area contributed by atoms with Gasteiger partial charge in [-0.25, -0.2) is 14.3 Å². The summed E-state index contributed by atoms with van der Waals surface area (Å²) in [6, 6.07) is 7.94. The first-order valence-electron chi connectivity index (χ1n) is 7.46. The number of hydrogen-bond donors (Lipinski definition) is 2. The van der Waals surface area contributed by atoms with Crippen LogP contribution in [0.15, 0.2) is 41.2 Å². The lowest BCUT2D eigenvalue weighted by molar-refractivity contribution is -0.141. The topological polar surface area (TPSA) is 103 Å². The molecule has 0 saturated heterocycles. The van der Waals surface area contributed by atoms with Crippen LogP contribution in [0.4, 0.5) is 19.0 Å². The largest absolute Gasteiger partial charge is 0.433 e. The van der Waals surface area contributed by atoms with Gasteiger partial charge < -0.3 is 11.1 Å². The number of rotatable bonds is 4. The van der Waals surface area contributed by atoms with Gasteiger partial charge in [0.2, 0.25) is 5.91 Å². The van der Waals surface area contributed by atoms with Gasteiger partial charge in [0.25, 0.3) is 0 Å². The molecule has 7 nitrogen and oxygen atoms in total. The van der Waals surface area contributed by atoms with E-state index in [0.717, 1.165) is 16.7 Å². The summed E-state index contributed by atoms with van der Waals surface area (Å²) >= 11 is 6.09. The van der Waals surface area contributed by atoms with E-state index in [1.165, 1.54) is 12.1 Å². The van der Waals surface area contributed by atoms with Crippen molar-refractivity contribution in [2.75, 3.05) is 11.9 Å². The number of amides is 1. The van der Waals surface area contributed by atoms with Crippen LogP contribution in [-0.2, 0) is 11.0 Å². The predicted molar refractivity (Wildman–Crippen MR) is 92.8 cm³/mol. The zero-order chi connectivity index (χ0) is 19.8. The Morgan fingerprint density at radius 1 is 1.19 bits per heavy atom. The van der Waals surface area contributed by atoms with Crippen molar-refractivity contribution in [3.05, 3.63) is 57.6 Å². The second-order valence-electron chi connectivity index (χ2n) is 5.42. The van der Waals surface area contributed by atoms with E-state index < -0.39 is 23.5 Å². The lowest BCUT2D eigenvalue weighted by Crippen LogP contribution is -2.28. The third kappa shape index (κ3) is 3.70. The van der Waals surface area contributed by atoms with Crippen molar-refractivity contribution < 1.29 is 18.0 Å². The van der Waals surface area contributed by atoms with Gasteiger partial charge in [0, 0.05) is 0 Å². The average molecular weight is 398 g/mol. The number of para-hydroxylation sites is 1. The second-order valence-corrected chi connectivity index (χ2v) is 5.82. The fourth-order valence-electron chi connectivity index (χ4n) is 2.41. The second kappa shape index (κ2) is 6.88. The number of nitrogens with two attached hydrogens (primary N) is 1. The highest BCUT2D eigenvalue weighted by atomic mass is 35.5. The van der Waals surface area contributed by atoms with Crippen LogP contribution in [0.25, 0.3) is 16.7 Å². The van der Waals surface area contributed by atoms with Gasteiger partial charge in [0.15, 0.2) is 5.65 Å². The van der Waals surface area contributed by atoms with Gasteiger partial charge in [0.05, 0.1) is 22.6 Å². The molecule has 27 heavy (non-hydrogen) atoms. The van der Waals surface area contributed by atoms with Gasteiger partial charge >= 0.3 is 11.9 Å². The number of nitrogens with zero attached hydrogens (tertiary/aromatic N) is 3. The minimum atomic E-state index is -4.72. The number of alkyl halides is 3. The summed E-state index contributed by atoms with van der Waals surface area (Å²) < 4.78 is 40.2. The van der Waals surface area contributed by atoms with Crippen LogP contribution in [0.2, 0.25) is 5.02 Å². The van der Waals surface area contributed by atoms with Crippen LogP contribution in [-0.4, -0.2) is 27.0 Å². The Morgan fingerprint density at radius 3 is 2.52 bits per heavy atom. The first-order chi connectivity index (χ1) is 12.7. The van der Waals surface area contributed by atoms with Gasteiger partial charge in [-0.1, -0.05) is 23.7 Å². The number of pyridine rings is 1. The summed E-state index contributed by atoms with van der Waals surface area (Å²) in [6.45, 7) is -0.362. The molecule has 140 valence electrons. The standard InChI is InChI=1S/C16H11ClF3N5O2/c17-9-3-1-2-4-10(9)25-14-8(5-6-11(23-14)16(18,19)20)13(24-15(25)27)22-7-12(21)26/h1-6H,7H2,(H2,21,26)(H,22,24,27). The summed E-state index contributed by atoms with van der Waals surface area (Å²) in [4.78, 5) is 30.9. The fraction of sp³-hybridized carbons (Fsp3) is 0.125. The first kappa shape index (κ1) is 18.6. The summed E-state index contributed by atoms with van der Waals surface area (Å²) in [5.74, 6) is -0.849. The van der Waals surface area contributed by atoms with Crippen molar-refractivity contribution in [1.29, 1.82) is 0 Å². The maximum atomic E-state index is 13.1. The molecule has 0 atom stereocenters. The molecule has 0 aliphatic heterocycles. The van der Waals surface area contributed by atoms with Crippen molar-refractivity contribution in [3.63, 3.8) is 0 Å². The van der Waals surface area contributed by atoms with Crippen molar-refractivity contribution in [2.45, 2.75) is 6.18 Å². The first-order valence-corrected chi connectivity index (χ1v) is 7.84. The van der Waals surface area contributed by atoms with E-state index in [2.05, 4.69) is 15.3 Å². The molecular formula is C16H11ClF3N5O2. The maximum absolute atomic E-state index is 13.1. The van der Waals surface area contributed by atoms with Crippen molar-refractivity contribution in [1.82, 2.24) is 14.5 Å². The van der Waals surface area contributed by atoms with E-state index in [9.17, 15) is 22.8 Å². The Bertz CT molecular complexity index is 1100. The lowest BCUT2D eigenvalue weighted by atomic mass is 10.2. The molecule has 1 aromatic carbocycles. The number of fused-ring (bicyclic) bond motifs is 1. The number of anilines is 1. The van der Waals surface area contributed by atoms with E-state index >= 15 is 0 Å². The highest BCUT2D eigenvalue weighted by molar-refractivity contribution is 6.32. The van der Waals surface area contributed by atoms with Crippen LogP contribution in [0.5, 0.6) is 0 Å². The molecule has 0 spiro atoms. The molecule has 0 saturated carbocycles. The SMILES string of the molecule is NC(=O)CNc1nc(=O)n(-c2ccccc2Cl)c2nc(C(F)(F)F)ccc12. The molecule has 2 aromatic heterocycles. The molecule has 3 aromatic rings. The molecule has 0 radical (unpaired) electrons. The van der Waals surface area contributed by atoms with Crippen LogP contribution in [0.3, 0.4) is 0 Å². The Balaban J connectivity index is 2.36. The van der Waals surface area contributed by atoms with Crippen molar-refractivity contribution in [3.8, 4) is 5.69 Å². The third-order valence-electron chi connectivity index (χ3n) is 3.55. The molecule has 1 amide bonds. The minimum Gasteiger partial charge on any atom is -0.368 e. The number of aromatic nitrogens is 3. The molecule has 3 N–H and O–H groups in total. The molecule has 0 aliphatic rings. The van der Waals surface area contributed by atoms with Crippen LogP contribution < -0.4 is 16.7 Å². The smallest absolute Gasteiger partial charge is 0.368 e. The minimum absolute atomic E-state index is 0.0868. The van der Waals surface area contributed by atoms with Gasteiger partial charge in [-0.15, -0.1) is 0 Å². The molecular weight excluding hydrogens is 387 g/mol. The molecule has 11 heteroatoms. The maximum Gasteiger partial charge on any atom is 0.433 e. The number of carbonyl (C=O) groups is 1. The van der Waals surface area contributed by atoms with Crippen LogP contribution in [0, 0.1) is 0 Å². The van der Waals surface area contributed by atoms with Crippen LogP contribution >= 0.6 is 11.6 Å². The summed E-state index contributed by atoms with van der Waals surface area (Å²) in [5, 5.41) is 2.74. The quantitative estimate of drug-likeness (QED) is 0.703. The molecule has 0 aliphatic carbocycles. The number of carbonyl (C=O) groups excluding carboxylic acids is 1. The monoisotopic (exact) mass is 397 g/mol. The van der Waals surface area contributed by atoms with Crippen LogP contribution in [0.1, 0.15) is 5.69 Å². The number of halogens is 4. The Morgan fingerprint density at radius 2 is 1.89 bits per heavy atom. The zero-order valence-corrected chi connectivity index (χ0v) is 14.2. The summed E-state index contributed by atoms with van der Waals surface area (Å²) in [6.07, 6.45) is -4.72. The molecule has 0 unspecified atom stereocenters. The van der Waals surface area contributed by atoms with Gasteiger partial charge in [-0.3, -0.25) is 4.79 Å². The lowest BCUT2D eigenvalue weighted by Gasteiger charge is -2.15. The number of nitrogens with one attached hydrogen (secondary N) is 1. The van der Waals surface area contributed by atoms with Gasteiger partial charge in [-0.05, 0) is 24.3 Å². The molecule has 2 heterocycles. The highest BCUT2D eigenvalue weighted by Gasteiger charge is 2.33. The average Bonchev–Trinajstić information content (AvgIpc) is 2.59. The van der Waals surface area contributed by atoms with Crippen molar-refractivity contribution in [2.24, 2.45) is 5.73 Å². The zero-order valence-electron chi connectivity index (χ0n) is 13.4. The molecule has 0 bridgehead atoms. The van der Waals surface area contributed by atoms with Crippen molar-refractivity contribution >= 4 is 34.4 Å². The van der Waals surface area contributed by atoms with E-state index in [0.29, 0.717) is 0 Å². The third-order valence-corrected chi connectivity index (χ3v) is 3.87. The normalized spacial score (nSPS) is 11.6. The Kier molecular flexibility index (Phi) is 4.75. The highest BCUT2D eigenvalue weighted by Crippen LogP contribution is 2.31. The Hall–Kier alpha value is -3.14. The van der Waals surface area contributed by atoms with Gasteiger partial charge in [0.1, 0.15) is 11.5 Å². The number of benzene rings is 1. The van der Waals surface area contributed by atoms with E-state index in [1.54, 1.807) is 12.1 Å². The Labute approximate surface area is 154 Å². The number of hydrogen-bond acceptors (Lipinski definition) is 5.